The zero-order valence-electron chi connectivity index (χ0n) is 16.9. The van der Waals surface area contributed by atoms with Crippen LogP contribution in [0.2, 0.25) is 0 Å². The van der Waals surface area contributed by atoms with Gasteiger partial charge in [-0.25, -0.2) is 4.98 Å². The zero-order chi connectivity index (χ0) is 20.0. The minimum absolute atomic E-state index is 0.0811. The van der Waals surface area contributed by atoms with Crippen LogP contribution < -0.4 is 5.73 Å². The average molecular weight is 406 g/mol. The molecule has 1 aromatic carbocycles. The van der Waals surface area contributed by atoms with E-state index in [0.29, 0.717) is 22.4 Å². The van der Waals surface area contributed by atoms with E-state index in [9.17, 15) is 4.79 Å². The molecular formula is C24H27N3OS. The van der Waals surface area contributed by atoms with Crippen LogP contribution in [0, 0.1) is 5.92 Å². The average Bonchev–Trinajstić information content (AvgIpc) is 3.08. The molecule has 1 aliphatic heterocycles. The van der Waals surface area contributed by atoms with Gasteiger partial charge < -0.3 is 10.6 Å². The molecule has 1 fully saturated rings. The van der Waals surface area contributed by atoms with E-state index in [4.69, 9.17) is 10.7 Å². The molecule has 0 spiro atoms. The van der Waals surface area contributed by atoms with E-state index in [1.165, 1.54) is 28.2 Å². The quantitative estimate of drug-likeness (QED) is 0.651. The summed E-state index contributed by atoms with van der Waals surface area (Å²) in [7, 11) is 0. The van der Waals surface area contributed by atoms with Crippen molar-refractivity contribution in [2.75, 3.05) is 18.8 Å². The van der Waals surface area contributed by atoms with Crippen LogP contribution in [0.3, 0.4) is 0 Å². The van der Waals surface area contributed by atoms with Gasteiger partial charge in [-0.15, -0.1) is 11.3 Å². The third kappa shape index (κ3) is 3.42. The number of amides is 1. The summed E-state index contributed by atoms with van der Waals surface area (Å²) in [6.45, 7) is 3.92. The zero-order valence-corrected chi connectivity index (χ0v) is 17.7. The minimum Gasteiger partial charge on any atom is -0.397 e. The highest BCUT2D eigenvalue weighted by Crippen LogP contribution is 2.39. The number of hydrogen-bond donors (Lipinski definition) is 1. The molecule has 29 heavy (non-hydrogen) atoms. The first-order chi connectivity index (χ1) is 14.1. The molecule has 1 atom stereocenters. The van der Waals surface area contributed by atoms with Gasteiger partial charge in [0.15, 0.2) is 0 Å². The van der Waals surface area contributed by atoms with E-state index in [1.807, 2.05) is 4.90 Å². The highest BCUT2D eigenvalue weighted by molar-refractivity contribution is 7.21. The number of fused-ring (bicyclic) bond motifs is 2. The number of aryl methyl sites for hydroxylation is 1. The summed E-state index contributed by atoms with van der Waals surface area (Å²) in [5.41, 5.74) is 10.9. The molecule has 1 saturated heterocycles. The Bertz CT molecular complexity index is 1050. The molecule has 1 unspecified atom stereocenters. The molecular weight excluding hydrogens is 378 g/mol. The molecule has 3 heterocycles. The van der Waals surface area contributed by atoms with Gasteiger partial charge in [-0.3, -0.25) is 4.79 Å². The maximum absolute atomic E-state index is 13.1. The second kappa shape index (κ2) is 7.45. The third-order valence-corrected chi connectivity index (χ3v) is 7.72. The summed E-state index contributed by atoms with van der Waals surface area (Å²) in [5.74, 6) is 1.31. The number of anilines is 1. The van der Waals surface area contributed by atoms with Crippen molar-refractivity contribution in [2.24, 2.45) is 5.92 Å². The van der Waals surface area contributed by atoms with Gasteiger partial charge in [0.2, 0.25) is 0 Å². The Labute approximate surface area is 175 Å². The summed E-state index contributed by atoms with van der Waals surface area (Å²) in [6, 6.07) is 12.9. The fourth-order valence-electron chi connectivity index (χ4n) is 4.71. The lowest BCUT2D eigenvalue weighted by Crippen LogP contribution is -2.37. The number of nitrogens with two attached hydrogens (primary N) is 1. The topological polar surface area (TPSA) is 59.2 Å². The smallest absolute Gasteiger partial charge is 0.266 e. The number of likely N-dealkylation sites (tertiary alicyclic amines) is 1. The molecule has 0 saturated carbocycles. The van der Waals surface area contributed by atoms with E-state index < -0.39 is 0 Å². The molecule has 5 rings (SSSR count). The van der Waals surface area contributed by atoms with E-state index in [-0.39, 0.29) is 5.91 Å². The van der Waals surface area contributed by atoms with Crippen LogP contribution in [0.4, 0.5) is 5.69 Å². The monoisotopic (exact) mass is 405 g/mol. The van der Waals surface area contributed by atoms with Crippen molar-refractivity contribution in [2.45, 2.75) is 44.9 Å². The number of aromatic nitrogens is 1. The van der Waals surface area contributed by atoms with Gasteiger partial charge in [0.25, 0.3) is 5.91 Å². The summed E-state index contributed by atoms with van der Waals surface area (Å²) in [6.07, 6.45) is 5.24. The van der Waals surface area contributed by atoms with Crippen LogP contribution >= 0.6 is 11.3 Å². The molecule has 3 aromatic rings. The van der Waals surface area contributed by atoms with Gasteiger partial charge in [-0.2, -0.15) is 0 Å². The lowest BCUT2D eigenvalue weighted by atomic mass is 9.82. The normalized spacial score (nSPS) is 20.0. The van der Waals surface area contributed by atoms with Crippen LogP contribution in [-0.2, 0) is 12.8 Å². The number of hydrogen-bond acceptors (Lipinski definition) is 4. The van der Waals surface area contributed by atoms with E-state index in [0.717, 1.165) is 55.4 Å². The SMILES string of the molecule is CC1CCN(C(=O)c2sc3nc4c(cc3c2N)CC(c2ccccc2)CC4)CC1. The lowest BCUT2D eigenvalue weighted by molar-refractivity contribution is 0.0703. The van der Waals surface area contributed by atoms with Crippen molar-refractivity contribution >= 4 is 33.1 Å². The van der Waals surface area contributed by atoms with Crippen LogP contribution in [0.15, 0.2) is 36.4 Å². The molecule has 1 amide bonds. The standard InChI is InChI=1S/C24H27N3OS/c1-15-9-11-27(12-10-15)24(28)22-21(25)19-14-18-13-17(16-5-3-2-4-6-16)7-8-20(18)26-23(19)29-22/h2-6,14-15,17H,7-13,25H2,1H3. The number of carbonyl (C=O) groups is 1. The van der Waals surface area contributed by atoms with Crippen LogP contribution in [0.1, 0.15) is 58.6 Å². The van der Waals surface area contributed by atoms with Crippen molar-refractivity contribution in [3.05, 3.63) is 58.1 Å². The van der Waals surface area contributed by atoms with Gasteiger partial charge in [0, 0.05) is 24.2 Å². The Morgan fingerprint density at radius 3 is 2.69 bits per heavy atom. The summed E-state index contributed by atoms with van der Waals surface area (Å²) < 4.78 is 0. The van der Waals surface area contributed by atoms with Gasteiger partial charge in [0.05, 0.1) is 5.69 Å². The lowest BCUT2D eigenvalue weighted by Gasteiger charge is -2.30. The van der Waals surface area contributed by atoms with Crippen molar-refractivity contribution in [3.63, 3.8) is 0 Å². The van der Waals surface area contributed by atoms with Crippen molar-refractivity contribution < 1.29 is 4.79 Å². The number of rotatable bonds is 2. The maximum atomic E-state index is 13.1. The predicted molar refractivity (Wildman–Crippen MR) is 120 cm³/mol. The number of benzene rings is 1. The minimum atomic E-state index is 0.0811. The highest BCUT2D eigenvalue weighted by Gasteiger charge is 2.27. The van der Waals surface area contributed by atoms with E-state index in [2.05, 4.69) is 43.3 Å². The fourth-order valence-corrected chi connectivity index (χ4v) is 5.78. The van der Waals surface area contributed by atoms with Crippen LogP contribution in [-0.4, -0.2) is 28.9 Å². The second-order valence-electron chi connectivity index (χ2n) is 8.62. The van der Waals surface area contributed by atoms with Crippen LogP contribution in [0.25, 0.3) is 10.2 Å². The van der Waals surface area contributed by atoms with Gasteiger partial charge in [-0.05, 0) is 61.1 Å². The Hall–Kier alpha value is -2.40. The summed E-state index contributed by atoms with van der Waals surface area (Å²) >= 11 is 1.47. The van der Waals surface area contributed by atoms with Gasteiger partial charge in [0.1, 0.15) is 9.71 Å². The van der Waals surface area contributed by atoms with Crippen molar-refractivity contribution in [3.8, 4) is 0 Å². The Balaban J connectivity index is 1.45. The van der Waals surface area contributed by atoms with Gasteiger partial charge >= 0.3 is 0 Å². The molecule has 5 heteroatoms. The third-order valence-electron chi connectivity index (χ3n) is 6.62. The van der Waals surface area contributed by atoms with E-state index in [1.54, 1.807) is 0 Å². The van der Waals surface area contributed by atoms with Crippen molar-refractivity contribution in [1.29, 1.82) is 0 Å². The highest BCUT2D eigenvalue weighted by atomic mass is 32.1. The predicted octanol–water partition coefficient (Wildman–Crippen LogP) is 5.02. The molecule has 1 aliphatic carbocycles. The summed E-state index contributed by atoms with van der Waals surface area (Å²) in [5, 5.41) is 0.955. The Morgan fingerprint density at radius 2 is 1.93 bits per heavy atom. The Kier molecular flexibility index (Phi) is 4.78. The number of thiophene rings is 1. The number of nitrogen functional groups attached to an aromatic ring is 1. The number of carbonyl (C=O) groups excluding carboxylic acids is 1. The first kappa shape index (κ1) is 18.6. The molecule has 2 N–H and O–H groups in total. The van der Waals surface area contributed by atoms with Gasteiger partial charge in [-0.1, -0.05) is 37.3 Å². The van der Waals surface area contributed by atoms with Crippen LogP contribution in [0.5, 0.6) is 0 Å². The summed E-state index contributed by atoms with van der Waals surface area (Å²) in [4.78, 5) is 21.6. The Morgan fingerprint density at radius 1 is 1.17 bits per heavy atom. The molecule has 150 valence electrons. The number of piperidine rings is 1. The second-order valence-corrected chi connectivity index (χ2v) is 9.62. The number of nitrogens with zero attached hydrogens (tertiary/aromatic N) is 2. The maximum Gasteiger partial charge on any atom is 0.266 e. The molecule has 2 aliphatic rings. The van der Waals surface area contributed by atoms with Crippen molar-refractivity contribution in [1.82, 2.24) is 9.88 Å². The molecule has 0 bridgehead atoms. The number of pyridine rings is 1. The van der Waals surface area contributed by atoms with E-state index >= 15 is 0 Å². The largest absolute Gasteiger partial charge is 0.397 e. The molecule has 2 aromatic heterocycles. The molecule has 4 nitrogen and oxygen atoms in total. The first-order valence-electron chi connectivity index (χ1n) is 10.6. The fraction of sp³-hybridized carbons (Fsp3) is 0.417. The first-order valence-corrected chi connectivity index (χ1v) is 11.5. The molecule has 0 radical (unpaired) electrons.